The summed E-state index contributed by atoms with van der Waals surface area (Å²) >= 11 is 0. The predicted octanol–water partition coefficient (Wildman–Crippen LogP) is 2.93. The molecule has 1 fully saturated rings. The molecule has 24 heavy (non-hydrogen) atoms. The van der Waals surface area contributed by atoms with Gasteiger partial charge >= 0.3 is 0 Å². The maximum Gasteiger partial charge on any atom is 0.229 e. The molecule has 1 saturated heterocycles. The molecule has 3 rings (SSSR count). The fraction of sp³-hybridized carbons (Fsp3) is 0.421. The van der Waals surface area contributed by atoms with Gasteiger partial charge in [-0.3, -0.25) is 10.1 Å². The minimum atomic E-state index is 0.0388. The Kier molecular flexibility index (Phi) is 5.54. The highest BCUT2D eigenvalue weighted by molar-refractivity contribution is 5.90. The number of amides is 1. The molecule has 1 unspecified atom stereocenters. The molecular formula is C19H24N4O. The van der Waals surface area contributed by atoms with Crippen molar-refractivity contribution < 1.29 is 4.79 Å². The van der Waals surface area contributed by atoms with Gasteiger partial charge in [0.1, 0.15) is 0 Å². The number of aromatic nitrogens is 2. The van der Waals surface area contributed by atoms with Crippen LogP contribution in [0.2, 0.25) is 0 Å². The fourth-order valence-electron chi connectivity index (χ4n) is 3.23. The van der Waals surface area contributed by atoms with Crippen molar-refractivity contribution in [1.29, 1.82) is 0 Å². The highest BCUT2D eigenvalue weighted by atomic mass is 16.2. The second-order valence-corrected chi connectivity index (χ2v) is 6.45. The molecule has 2 aromatic rings. The number of carbonyl (C=O) groups excluding carboxylic acids is 1. The summed E-state index contributed by atoms with van der Waals surface area (Å²) in [5.41, 5.74) is 1.37. The van der Waals surface area contributed by atoms with Crippen LogP contribution in [0.1, 0.15) is 31.2 Å². The van der Waals surface area contributed by atoms with Gasteiger partial charge in [0, 0.05) is 24.9 Å². The van der Waals surface area contributed by atoms with E-state index in [-0.39, 0.29) is 11.8 Å². The summed E-state index contributed by atoms with van der Waals surface area (Å²) in [6.07, 6.45) is 5.05. The molecule has 0 radical (unpaired) electrons. The molecule has 0 bridgehead atoms. The Labute approximate surface area is 143 Å². The van der Waals surface area contributed by atoms with Gasteiger partial charge in [-0.25, -0.2) is 9.97 Å². The van der Waals surface area contributed by atoms with E-state index in [0.29, 0.717) is 11.9 Å². The number of likely N-dealkylation sites (tertiary alicyclic amines) is 1. The van der Waals surface area contributed by atoms with Crippen LogP contribution < -0.4 is 5.32 Å². The van der Waals surface area contributed by atoms with Crippen LogP contribution in [0.4, 0.5) is 5.95 Å². The van der Waals surface area contributed by atoms with E-state index >= 15 is 0 Å². The molecule has 1 atom stereocenters. The first kappa shape index (κ1) is 16.6. The Hall–Kier alpha value is -2.27. The molecule has 1 aromatic heterocycles. The highest BCUT2D eigenvalue weighted by Gasteiger charge is 2.26. The van der Waals surface area contributed by atoms with Crippen molar-refractivity contribution in [3.63, 3.8) is 0 Å². The van der Waals surface area contributed by atoms with Crippen LogP contribution in [-0.4, -0.2) is 40.4 Å². The summed E-state index contributed by atoms with van der Waals surface area (Å²) in [6.45, 7) is 5.23. The zero-order chi connectivity index (χ0) is 16.8. The van der Waals surface area contributed by atoms with Gasteiger partial charge in [0.2, 0.25) is 11.9 Å². The average Bonchev–Trinajstić information content (AvgIpc) is 2.64. The van der Waals surface area contributed by atoms with Crippen molar-refractivity contribution in [3.05, 3.63) is 54.4 Å². The third-order valence-electron chi connectivity index (χ3n) is 4.66. The summed E-state index contributed by atoms with van der Waals surface area (Å²) in [5, 5.41) is 2.81. The van der Waals surface area contributed by atoms with Gasteiger partial charge in [0.05, 0.1) is 0 Å². The number of carbonyl (C=O) groups is 1. The van der Waals surface area contributed by atoms with Crippen molar-refractivity contribution in [3.8, 4) is 0 Å². The molecule has 0 aliphatic carbocycles. The normalized spacial score (nSPS) is 17.4. The van der Waals surface area contributed by atoms with E-state index in [2.05, 4.69) is 57.4 Å². The molecule has 0 saturated carbocycles. The van der Waals surface area contributed by atoms with E-state index in [4.69, 9.17) is 0 Å². The highest BCUT2D eigenvalue weighted by Crippen LogP contribution is 2.22. The molecule has 5 nitrogen and oxygen atoms in total. The zero-order valence-electron chi connectivity index (χ0n) is 14.1. The first-order valence-electron chi connectivity index (χ1n) is 8.57. The molecule has 1 N–H and O–H groups in total. The lowest BCUT2D eigenvalue weighted by Gasteiger charge is -2.33. The van der Waals surface area contributed by atoms with E-state index < -0.39 is 0 Å². The zero-order valence-corrected chi connectivity index (χ0v) is 14.1. The number of rotatable bonds is 5. The molecule has 1 aliphatic rings. The summed E-state index contributed by atoms with van der Waals surface area (Å²) in [7, 11) is 0. The fourth-order valence-corrected chi connectivity index (χ4v) is 3.23. The van der Waals surface area contributed by atoms with Crippen LogP contribution in [-0.2, 0) is 4.79 Å². The smallest absolute Gasteiger partial charge is 0.229 e. The molecule has 2 heterocycles. The minimum absolute atomic E-state index is 0.0388. The van der Waals surface area contributed by atoms with E-state index in [1.54, 1.807) is 18.5 Å². The lowest BCUT2D eigenvalue weighted by molar-refractivity contribution is -0.121. The number of nitrogens with one attached hydrogen (secondary N) is 1. The quantitative estimate of drug-likeness (QED) is 0.919. The second-order valence-electron chi connectivity index (χ2n) is 6.45. The number of benzene rings is 1. The lowest BCUT2D eigenvalue weighted by atomic mass is 9.94. The van der Waals surface area contributed by atoms with Gasteiger partial charge in [0.25, 0.3) is 0 Å². The topological polar surface area (TPSA) is 58.1 Å². The second kappa shape index (κ2) is 8.02. The van der Waals surface area contributed by atoms with Gasteiger partial charge in [-0.2, -0.15) is 0 Å². The van der Waals surface area contributed by atoms with Crippen molar-refractivity contribution in [1.82, 2.24) is 14.9 Å². The van der Waals surface area contributed by atoms with Crippen LogP contribution in [0.15, 0.2) is 48.8 Å². The lowest BCUT2D eigenvalue weighted by Crippen LogP contribution is -2.39. The number of hydrogen-bond acceptors (Lipinski definition) is 4. The van der Waals surface area contributed by atoms with Crippen molar-refractivity contribution >= 4 is 11.9 Å². The molecule has 1 amide bonds. The monoisotopic (exact) mass is 324 g/mol. The third-order valence-corrected chi connectivity index (χ3v) is 4.66. The van der Waals surface area contributed by atoms with Gasteiger partial charge < -0.3 is 4.90 Å². The first-order valence-corrected chi connectivity index (χ1v) is 8.57. The number of hydrogen-bond donors (Lipinski definition) is 1. The summed E-state index contributed by atoms with van der Waals surface area (Å²) < 4.78 is 0. The predicted molar refractivity (Wildman–Crippen MR) is 94.7 cm³/mol. The summed E-state index contributed by atoms with van der Waals surface area (Å²) in [4.78, 5) is 22.9. The average molecular weight is 324 g/mol. The first-order chi connectivity index (χ1) is 11.7. The maximum absolute atomic E-state index is 12.3. The Morgan fingerprint density at radius 1 is 1.17 bits per heavy atom. The van der Waals surface area contributed by atoms with Crippen LogP contribution in [0.5, 0.6) is 0 Å². The maximum atomic E-state index is 12.3. The Morgan fingerprint density at radius 3 is 2.50 bits per heavy atom. The van der Waals surface area contributed by atoms with Crippen LogP contribution in [0.3, 0.4) is 0 Å². The Bertz CT molecular complexity index is 639. The van der Waals surface area contributed by atoms with E-state index in [1.165, 1.54) is 5.56 Å². The van der Waals surface area contributed by atoms with Crippen molar-refractivity contribution in [2.45, 2.75) is 25.7 Å². The van der Waals surface area contributed by atoms with Gasteiger partial charge in [0.15, 0.2) is 0 Å². The summed E-state index contributed by atoms with van der Waals surface area (Å²) in [6, 6.07) is 12.3. The molecule has 1 aromatic carbocycles. The van der Waals surface area contributed by atoms with Gasteiger partial charge in [-0.05, 0) is 43.5 Å². The van der Waals surface area contributed by atoms with Crippen LogP contribution >= 0.6 is 0 Å². The van der Waals surface area contributed by atoms with Crippen molar-refractivity contribution in [2.24, 2.45) is 5.92 Å². The molecule has 126 valence electrons. The van der Waals surface area contributed by atoms with E-state index in [0.717, 1.165) is 32.5 Å². The van der Waals surface area contributed by atoms with Crippen molar-refractivity contribution in [2.75, 3.05) is 25.0 Å². The molecular weight excluding hydrogens is 300 g/mol. The van der Waals surface area contributed by atoms with Gasteiger partial charge in [-0.15, -0.1) is 0 Å². The number of anilines is 1. The SMILES string of the molecule is CC(CN1CCC(C(=O)Nc2ncccn2)CC1)c1ccccc1. The minimum Gasteiger partial charge on any atom is -0.303 e. The van der Waals surface area contributed by atoms with Crippen LogP contribution in [0.25, 0.3) is 0 Å². The van der Waals surface area contributed by atoms with Crippen LogP contribution in [0, 0.1) is 5.92 Å². The third kappa shape index (κ3) is 4.38. The van der Waals surface area contributed by atoms with E-state index in [9.17, 15) is 4.79 Å². The standard InChI is InChI=1S/C19H24N4O/c1-15(16-6-3-2-4-7-16)14-23-12-8-17(9-13-23)18(24)22-19-20-10-5-11-21-19/h2-7,10-11,15,17H,8-9,12-14H2,1H3,(H,20,21,22,24). The summed E-state index contributed by atoms with van der Waals surface area (Å²) in [5.74, 6) is 0.992. The Morgan fingerprint density at radius 2 is 1.83 bits per heavy atom. The Balaban J connectivity index is 1.46. The molecule has 1 aliphatic heterocycles. The number of nitrogens with zero attached hydrogens (tertiary/aromatic N) is 3. The molecule has 0 spiro atoms. The van der Waals surface area contributed by atoms with Gasteiger partial charge in [-0.1, -0.05) is 37.3 Å². The number of piperidine rings is 1. The molecule has 5 heteroatoms. The van der Waals surface area contributed by atoms with E-state index in [1.807, 2.05) is 0 Å². The largest absolute Gasteiger partial charge is 0.303 e.